The zero-order valence-electron chi connectivity index (χ0n) is 19.8. The van der Waals surface area contributed by atoms with Gasteiger partial charge in [-0.3, -0.25) is 14.2 Å². The van der Waals surface area contributed by atoms with E-state index >= 15 is 0 Å². The Labute approximate surface area is 197 Å². The van der Waals surface area contributed by atoms with Crippen molar-refractivity contribution < 1.29 is 19.4 Å². The SMILES string of the molecule is CCCOCCn1c(=O)c(N[C@](C)(CO)C(=O)NC)nc2ncc(-c3ccc(OC)nc3)cc21. The number of aliphatic hydroxyl groups excluding tert-OH is 1. The van der Waals surface area contributed by atoms with Gasteiger partial charge in [0.1, 0.15) is 5.54 Å². The van der Waals surface area contributed by atoms with Crippen LogP contribution in [-0.4, -0.2) is 70.0 Å². The maximum atomic E-state index is 13.4. The summed E-state index contributed by atoms with van der Waals surface area (Å²) in [6, 6.07) is 5.40. The molecule has 0 aliphatic carbocycles. The van der Waals surface area contributed by atoms with Crippen LogP contribution in [0.3, 0.4) is 0 Å². The number of hydrogen-bond acceptors (Lipinski definition) is 9. The van der Waals surface area contributed by atoms with Crippen molar-refractivity contribution in [2.75, 3.05) is 39.3 Å². The molecular weight excluding hydrogens is 440 g/mol. The molecule has 182 valence electrons. The molecule has 3 aromatic heterocycles. The number of fused-ring (bicyclic) bond motifs is 1. The monoisotopic (exact) mass is 470 g/mol. The van der Waals surface area contributed by atoms with Crippen molar-refractivity contribution in [3.8, 4) is 17.0 Å². The van der Waals surface area contributed by atoms with E-state index in [9.17, 15) is 14.7 Å². The number of pyridine rings is 2. The lowest BCUT2D eigenvalue weighted by molar-refractivity contribution is -0.125. The minimum atomic E-state index is -1.44. The summed E-state index contributed by atoms with van der Waals surface area (Å²) in [4.78, 5) is 38.7. The summed E-state index contributed by atoms with van der Waals surface area (Å²) >= 11 is 0. The van der Waals surface area contributed by atoms with E-state index in [2.05, 4.69) is 25.6 Å². The number of anilines is 1. The number of methoxy groups -OCH3 is 1. The van der Waals surface area contributed by atoms with E-state index in [1.54, 1.807) is 25.6 Å². The first-order chi connectivity index (χ1) is 16.4. The van der Waals surface area contributed by atoms with Gasteiger partial charge in [0.25, 0.3) is 5.56 Å². The maximum absolute atomic E-state index is 13.4. The molecule has 0 unspecified atom stereocenters. The van der Waals surface area contributed by atoms with Gasteiger partial charge in [0.05, 0.1) is 25.8 Å². The van der Waals surface area contributed by atoms with E-state index in [0.717, 1.165) is 17.5 Å². The van der Waals surface area contributed by atoms with Crippen molar-refractivity contribution in [3.63, 3.8) is 0 Å². The number of rotatable bonds is 11. The topological polar surface area (TPSA) is 140 Å². The highest BCUT2D eigenvalue weighted by Crippen LogP contribution is 2.23. The van der Waals surface area contributed by atoms with Crippen LogP contribution in [0.2, 0.25) is 0 Å². The molecule has 3 aromatic rings. The fraction of sp³-hybridized carbons (Fsp3) is 0.435. The predicted octanol–water partition coefficient (Wildman–Crippen LogP) is 1.20. The van der Waals surface area contributed by atoms with Gasteiger partial charge in [0, 0.05) is 49.8 Å². The number of carbonyl (C=O) groups excluding carboxylic acids is 1. The van der Waals surface area contributed by atoms with Crippen molar-refractivity contribution in [2.45, 2.75) is 32.4 Å². The molecule has 1 amide bonds. The lowest BCUT2D eigenvalue weighted by atomic mass is 10.0. The van der Waals surface area contributed by atoms with Crippen molar-refractivity contribution in [1.82, 2.24) is 24.8 Å². The number of aliphatic hydroxyl groups is 1. The van der Waals surface area contributed by atoms with Crippen LogP contribution in [-0.2, 0) is 16.1 Å². The molecule has 0 spiro atoms. The van der Waals surface area contributed by atoms with Crippen molar-refractivity contribution in [1.29, 1.82) is 0 Å². The first-order valence-corrected chi connectivity index (χ1v) is 11.0. The Morgan fingerprint density at radius 2 is 1.97 bits per heavy atom. The van der Waals surface area contributed by atoms with Crippen LogP contribution < -0.4 is 20.9 Å². The predicted molar refractivity (Wildman–Crippen MR) is 128 cm³/mol. The number of ether oxygens (including phenoxy) is 2. The average Bonchev–Trinajstić information content (AvgIpc) is 2.87. The Morgan fingerprint density at radius 3 is 2.59 bits per heavy atom. The third-order valence-corrected chi connectivity index (χ3v) is 5.33. The highest BCUT2D eigenvalue weighted by molar-refractivity contribution is 5.89. The number of aromatic nitrogens is 4. The van der Waals surface area contributed by atoms with Crippen molar-refractivity contribution >= 4 is 22.9 Å². The van der Waals surface area contributed by atoms with E-state index in [4.69, 9.17) is 9.47 Å². The van der Waals surface area contributed by atoms with Crippen LogP contribution >= 0.6 is 0 Å². The number of likely N-dealkylation sites (N-methyl/N-ethyl adjacent to an activating group) is 1. The molecule has 1 atom stereocenters. The van der Waals surface area contributed by atoms with Crippen LogP contribution in [0.1, 0.15) is 20.3 Å². The molecule has 0 aliphatic heterocycles. The Morgan fingerprint density at radius 1 is 1.21 bits per heavy atom. The van der Waals surface area contributed by atoms with Crippen molar-refractivity contribution in [3.05, 3.63) is 40.9 Å². The fourth-order valence-electron chi connectivity index (χ4n) is 3.36. The van der Waals surface area contributed by atoms with Gasteiger partial charge < -0.3 is 25.2 Å². The van der Waals surface area contributed by atoms with Crippen LogP contribution in [0.4, 0.5) is 5.82 Å². The second kappa shape index (κ2) is 11.0. The summed E-state index contributed by atoms with van der Waals surface area (Å²) in [6.45, 7) is 4.09. The Hall–Kier alpha value is -3.57. The molecular formula is C23H30N6O5. The molecule has 0 saturated heterocycles. The molecule has 0 aromatic carbocycles. The molecule has 0 radical (unpaired) electrons. The lowest BCUT2D eigenvalue weighted by Gasteiger charge is -2.27. The zero-order valence-corrected chi connectivity index (χ0v) is 19.8. The van der Waals surface area contributed by atoms with Crippen LogP contribution in [0.5, 0.6) is 5.88 Å². The van der Waals surface area contributed by atoms with Gasteiger partial charge in [-0.25, -0.2) is 15.0 Å². The Bertz CT molecular complexity index is 1200. The summed E-state index contributed by atoms with van der Waals surface area (Å²) in [7, 11) is 2.99. The molecule has 3 rings (SSSR count). The molecule has 11 heteroatoms. The molecule has 0 saturated carbocycles. The molecule has 34 heavy (non-hydrogen) atoms. The lowest BCUT2D eigenvalue weighted by Crippen LogP contribution is -2.53. The first-order valence-electron chi connectivity index (χ1n) is 11.0. The molecule has 0 fully saturated rings. The summed E-state index contributed by atoms with van der Waals surface area (Å²) in [5.74, 6) is -0.0816. The summed E-state index contributed by atoms with van der Waals surface area (Å²) in [5, 5.41) is 15.1. The molecule has 11 nitrogen and oxygen atoms in total. The normalized spacial score (nSPS) is 12.9. The van der Waals surface area contributed by atoms with Crippen molar-refractivity contribution in [2.24, 2.45) is 0 Å². The van der Waals surface area contributed by atoms with E-state index in [-0.39, 0.29) is 12.4 Å². The molecule has 3 N–H and O–H groups in total. The van der Waals surface area contributed by atoms with Gasteiger partial charge in [0.15, 0.2) is 11.5 Å². The number of hydrogen-bond donors (Lipinski definition) is 3. The Balaban J connectivity index is 2.10. The largest absolute Gasteiger partial charge is 0.481 e. The number of nitrogens with zero attached hydrogens (tertiary/aromatic N) is 4. The number of carbonyl (C=O) groups is 1. The van der Waals surface area contributed by atoms with E-state index in [1.807, 2.05) is 19.1 Å². The summed E-state index contributed by atoms with van der Waals surface area (Å²) in [6.07, 6.45) is 4.15. The van der Waals surface area contributed by atoms with Gasteiger partial charge in [-0.1, -0.05) is 6.92 Å². The second-order valence-electron chi connectivity index (χ2n) is 7.88. The second-order valence-corrected chi connectivity index (χ2v) is 7.88. The zero-order chi connectivity index (χ0) is 24.7. The minimum Gasteiger partial charge on any atom is -0.481 e. The summed E-state index contributed by atoms with van der Waals surface area (Å²) in [5.41, 5.74) is 0.460. The van der Waals surface area contributed by atoms with Gasteiger partial charge in [-0.05, 0) is 25.5 Å². The molecule has 3 heterocycles. The van der Waals surface area contributed by atoms with Gasteiger partial charge in [-0.15, -0.1) is 0 Å². The molecule has 0 bridgehead atoms. The first kappa shape index (κ1) is 25.1. The standard InChI is InChI=1S/C23H30N6O5/c1-5-9-34-10-8-29-17-11-16(15-6-7-18(33-4)25-12-15)13-26-19(17)27-20(21(29)31)28-23(2,14-30)22(32)24-3/h6-7,11-13,30H,5,8-10,14H2,1-4H3,(H,24,32)(H,26,27,28)/t23-/m1/s1. The highest BCUT2D eigenvalue weighted by Gasteiger charge is 2.33. The average molecular weight is 471 g/mol. The molecule has 0 aliphatic rings. The Kier molecular flexibility index (Phi) is 8.13. The third kappa shape index (κ3) is 5.32. The van der Waals surface area contributed by atoms with Crippen LogP contribution in [0.25, 0.3) is 22.3 Å². The highest BCUT2D eigenvalue weighted by atomic mass is 16.5. The number of amides is 1. The van der Waals surface area contributed by atoms with E-state index in [0.29, 0.717) is 30.3 Å². The van der Waals surface area contributed by atoms with Crippen LogP contribution in [0, 0.1) is 0 Å². The smallest absolute Gasteiger partial charge is 0.294 e. The maximum Gasteiger partial charge on any atom is 0.294 e. The quantitative estimate of drug-likeness (QED) is 0.353. The van der Waals surface area contributed by atoms with Gasteiger partial charge in [-0.2, -0.15) is 0 Å². The van der Waals surface area contributed by atoms with E-state index < -0.39 is 23.6 Å². The van der Waals surface area contributed by atoms with E-state index in [1.165, 1.54) is 18.5 Å². The van der Waals surface area contributed by atoms with Crippen LogP contribution in [0.15, 0.2) is 35.4 Å². The number of nitrogens with one attached hydrogen (secondary N) is 2. The van der Waals surface area contributed by atoms with Gasteiger partial charge >= 0.3 is 0 Å². The third-order valence-electron chi connectivity index (χ3n) is 5.33. The van der Waals surface area contributed by atoms with Gasteiger partial charge in [0.2, 0.25) is 11.8 Å². The minimum absolute atomic E-state index is 0.0884. The summed E-state index contributed by atoms with van der Waals surface area (Å²) < 4.78 is 12.2. The fourth-order valence-corrected chi connectivity index (χ4v) is 3.36.